The van der Waals surface area contributed by atoms with Crippen LogP contribution in [0.2, 0.25) is 0 Å². The average Bonchev–Trinajstić information content (AvgIpc) is 3.05. The SMILES string of the molecule is CCC(=O)O[C@@H]1C[C@]2(C)[C@H]3CC=C4[C@@H]5CC(C)(C)CC[C@]5(C(=O)OCc5ccccc5)CC[C@@]4(C)[C@]3(C)CC[C@H]2C(C)(C)[C@H]1OC(=O)CC. The summed E-state index contributed by atoms with van der Waals surface area (Å²) in [6, 6.07) is 10.1. The molecule has 6 rings (SSSR count). The van der Waals surface area contributed by atoms with E-state index < -0.39 is 17.6 Å². The van der Waals surface area contributed by atoms with Crippen molar-refractivity contribution in [3.8, 4) is 0 Å². The normalized spacial score (nSPS) is 40.3. The molecule has 0 aromatic heterocycles. The third-order valence-electron chi connectivity index (χ3n) is 15.3. The van der Waals surface area contributed by atoms with Crippen LogP contribution in [0.4, 0.5) is 0 Å². The Morgan fingerprint density at radius 1 is 0.776 bits per heavy atom. The van der Waals surface area contributed by atoms with Gasteiger partial charge in [0.2, 0.25) is 0 Å². The van der Waals surface area contributed by atoms with Crippen molar-refractivity contribution in [2.75, 3.05) is 0 Å². The number of fused-ring (bicyclic) bond motifs is 7. The highest BCUT2D eigenvalue weighted by Crippen LogP contribution is 2.76. The number of esters is 3. The van der Waals surface area contributed by atoms with Crippen LogP contribution in [-0.2, 0) is 35.2 Å². The van der Waals surface area contributed by atoms with Gasteiger partial charge in [-0.1, -0.05) is 104 Å². The van der Waals surface area contributed by atoms with Crippen LogP contribution in [0.15, 0.2) is 42.0 Å². The summed E-state index contributed by atoms with van der Waals surface area (Å²) in [5.41, 5.74) is 1.67. The molecule has 0 saturated heterocycles. The molecule has 0 N–H and O–H groups in total. The first-order valence-corrected chi connectivity index (χ1v) is 19.3. The molecule has 6 nitrogen and oxygen atoms in total. The summed E-state index contributed by atoms with van der Waals surface area (Å²) >= 11 is 0. The Labute approximate surface area is 295 Å². The number of hydrogen-bond donors (Lipinski definition) is 0. The molecule has 0 radical (unpaired) electrons. The second kappa shape index (κ2) is 12.5. The first-order valence-electron chi connectivity index (χ1n) is 19.3. The Morgan fingerprint density at radius 2 is 1.43 bits per heavy atom. The molecule has 0 spiro atoms. The maximum Gasteiger partial charge on any atom is 0.313 e. The van der Waals surface area contributed by atoms with Gasteiger partial charge in [-0.25, -0.2) is 0 Å². The summed E-state index contributed by atoms with van der Waals surface area (Å²) in [4.78, 5) is 39.9. The zero-order chi connectivity index (χ0) is 35.6. The molecule has 4 fully saturated rings. The second-order valence-corrected chi connectivity index (χ2v) is 18.6. The van der Waals surface area contributed by atoms with Crippen molar-refractivity contribution in [3.05, 3.63) is 47.5 Å². The Morgan fingerprint density at radius 3 is 2.10 bits per heavy atom. The predicted molar refractivity (Wildman–Crippen MR) is 191 cm³/mol. The lowest BCUT2D eigenvalue weighted by molar-refractivity contribution is -0.245. The quantitative estimate of drug-likeness (QED) is 0.163. The van der Waals surface area contributed by atoms with Crippen molar-refractivity contribution in [2.24, 2.45) is 50.2 Å². The fourth-order valence-electron chi connectivity index (χ4n) is 12.4. The number of rotatable bonds is 7. The predicted octanol–water partition coefficient (Wildman–Crippen LogP) is 9.79. The molecule has 0 aliphatic heterocycles. The molecule has 0 heterocycles. The minimum absolute atomic E-state index is 0.00630. The van der Waals surface area contributed by atoms with Crippen LogP contribution in [0.3, 0.4) is 0 Å². The third kappa shape index (κ3) is 5.70. The highest BCUT2D eigenvalue weighted by Gasteiger charge is 2.71. The van der Waals surface area contributed by atoms with E-state index >= 15 is 0 Å². The van der Waals surface area contributed by atoms with Gasteiger partial charge in [-0.05, 0) is 103 Å². The Balaban J connectivity index is 1.37. The monoisotopic (exact) mass is 674 g/mol. The molecule has 270 valence electrons. The number of allylic oxidation sites excluding steroid dienone is 2. The van der Waals surface area contributed by atoms with Crippen molar-refractivity contribution in [1.82, 2.24) is 0 Å². The third-order valence-corrected chi connectivity index (χ3v) is 15.3. The molecule has 0 bridgehead atoms. The van der Waals surface area contributed by atoms with Gasteiger partial charge >= 0.3 is 17.9 Å². The highest BCUT2D eigenvalue weighted by molar-refractivity contribution is 5.79. The molecule has 4 saturated carbocycles. The minimum atomic E-state index is -0.484. The van der Waals surface area contributed by atoms with E-state index in [9.17, 15) is 14.4 Å². The van der Waals surface area contributed by atoms with Crippen LogP contribution in [-0.4, -0.2) is 30.1 Å². The van der Waals surface area contributed by atoms with E-state index in [1.165, 1.54) is 5.57 Å². The summed E-state index contributed by atoms with van der Waals surface area (Å²) in [6.07, 6.45) is 10.7. The molecular formula is C43H62O6. The van der Waals surface area contributed by atoms with Gasteiger partial charge in [0, 0.05) is 18.3 Å². The molecule has 0 amide bonds. The van der Waals surface area contributed by atoms with E-state index in [1.807, 2.05) is 44.2 Å². The van der Waals surface area contributed by atoms with Gasteiger partial charge in [-0.3, -0.25) is 14.4 Å². The molecular weight excluding hydrogens is 612 g/mol. The molecule has 5 aliphatic carbocycles. The fraction of sp³-hybridized carbons (Fsp3) is 0.744. The first-order chi connectivity index (χ1) is 23.0. The summed E-state index contributed by atoms with van der Waals surface area (Å²) < 4.78 is 18.6. The van der Waals surface area contributed by atoms with E-state index in [0.717, 1.165) is 56.9 Å². The first kappa shape index (κ1) is 36.2. The molecule has 1 aromatic rings. The molecule has 49 heavy (non-hydrogen) atoms. The number of carbonyl (C=O) groups excluding carboxylic acids is 3. The summed E-state index contributed by atoms with van der Waals surface area (Å²) in [6.45, 7) is 20.7. The average molecular weight is 675 g/mol. The highest BCUT2D eigenvalue weighted by atomic mass is 16.6. The van der Waals surface area contributed by atoms with Gasteiger partial charge in [0.05, 0.1) is 5.41 Å². The number of benzene rings is 1. The lowest BCUT2D eigenvalue weighted by Crippen LogP contribution is -2.67. The number of hydrogen-bond acceptors (Lipinski definition) is 6. The van der Waals surface area contributed by atoms with Gasteiger partial charge in [-0.2, -0.15) is 0 Å². The van der Waals surface area contributed by atoms with Crippen LogP contribution in [0.5, 0.6) is 0 Å². The van der Waals surface area contributed by atoms with Crippen LogP contribution in [0, 0.1) is 50.2 Å². The van der Waals surface area contributed by atoms with Gasteiger partial charge in [-0.15, -0.1) is 0 Å². The maximum absolute atomic E-state index is 14.3. The number of ether oxygens (including phenoxy) is 3. The van der Waals surface area contributed by atoms with Crippen LogP contribution in [0.25, 0.3) is 0 Å². The standard InChI is InChI=1S/C43H62O6/c1-10-34(44)48-31-26-40(7)32(39(5,6)36(31)49-35(45)11-2)19-20-42(9)33(40)18-17-29-30-25-38(3,4)21-23-43(30,24-22-41(29,42)8)37(46)47-27-28-15-13-12-14-16-28/h12-17,30-33,36H,10-11,18-27H2,1-9H3/t30-,31+,32-,33+,36-,40-,41+,42+,43-/m0/s1. The summed E-state index contributed by atoms with van der Waals surface area (Å²) in [5, 5.41) is 0. The lowest BCUT2D eigenvalue weighted by atomic mass is 9.33. The number of carbonyl (C=O) groups is 3. The van der Waals surface area contributed by atoms with E-state index in [2.05, 4.69) is 54.5 Å². The van der Waals surface area contributed by atoms with Crippen molar-refractivity contribution in [2.45, 2.75) is 152 Å². The molecule has 9 atom stereocenters. The Bertz CT molecular complexity index is 1480. The topological polar surface area (TPSA) is 78.9 Å². The molecule has 6 heteroatoms. The zero-order valence-electron chi connectivity index (χ0n) is 31.8. The second-order valence-electron chi connectivity index (χ2n) is 18.6. The van der Waals surface area contributed by atoms with Crippen molar-refractivity contribution >= 4 is 17.9 Å². The van der Waals surface area contributed by atoms with Crippen LogP contribution < -0.4 is 0 Å². The van der Waals surface area contributed by atoms with Gasteiger partial charge in [0.15, 0.2) is 0 Å². The Kier molecular flexibility index (Phi) is 9.26. The molecule has 0 unspecified atom stereocenters. The van der Waals surface area contributed by atoms with Gasteiger partial charge in [0.1, 0.15) is 18.8 Å². The lowest BCUT2D eigenvalue weighted by Gasteiger charge is -2.71. The molecule has 1 aromatic carbocycles. The maximum atomic E-state index is 14.3. The fourth-order valence-corrected chi connectivity index (χ4v) is 12.4. The summed E-state index contributed by atoms with van der Waals surface area (Å²) in [7, 11) is 0. The van der Waals surface area contributed by atoms with Crippen LogP contribution in [0.1, 0.15) is 139 Å². The van der Waals surface area contributed by atoms with Crippen LogP contribution >= 0.6 is 0 Å². The molecule has 5 aliphatic rings. The van der Waals surface area contributed by atoms with E-state index in [4.69, 9.17) is 14.2 Å². The smallest absolute Gasteiger partial charge is 0.313 e. The van der Waals surface area contributed by atoms with Gasteiger partial charge in [0.25, 0.3) is 0 Å². The van der Waals surface area contributed by atoms with Gasteiger partial charge < -0.3 is 14.2 Å². The van der Waals surface area contributed by atoms with E-state index in [1.54, 1.807) is 0 Å². The largest absolute Gasteiger partial charge is 0.460 e. The Hall–Kier alpha value is -2.63. The van der Waals surface area contributed by atoms with E-state index in [0.29, 0.717) is 37.7 Å². The zero-order valence-corrected chi connectivity index (χ0v) is 31.8. The van der Waals surface area contributed by atoms with Crippen molar-refractivity contribution in [1.29, 1.82) is 0 Å². The van der Waals surface area contributed by atoms with Crippen molar-refractivity contribution < 1.29 is 28.6 Å². The minimum Gasteiger partial charge on any atom is -0.460 e. The van der Waals surface area contributed by atoms with E-state index in [-0.39, 0.29) is 50.9 Å². The summed E-state index contributed by atoms with van der Waals surface area (Å²) in [5.74, 6) is 0.365. The van der Waals surface area contributed by atoms with Crippen molar-refractivity contribution in [3.63, 3.8) is 0 Å².